The van der Waals surface area contributed by atoms with Gasteiger partial charge in [0.25, 0.3) is 5.56 Å². The number of amides is 1. The average molecular weight is 388 g/mol. The van der Waals surface area contributed by atoms with Crippen LogP contribution in [0.5, 0.6) is 0 Å². The van der Waals surface area contributed by atoms with Gasteiger partial charge in [-0.15, -0.1) is 23.4 Å². The summed E-state index contributed by atoms with van der Waals surface area (Å²) in [6.07, 6.45) is 5.63. The van der Waals surface area contributed by atoms with Crippen molar-refractivity contribution >= 4 is 35.0 Å². The highest BCUT2D eigenvalue weighted by atomic mass is 35.5. The van der Waals surface area contributed by atoms with Crippen molar-refractivity contribution in [2.45, 2.75) is 29.8 Å². The predicted molar refractivity (Wildman–Crippen MR) is 105 cm³/mol. The van der Waals surface area contributed by atoms with E-state index in [1.165, 1.54) is 17.8 Å². The zero-order valence-electron chi connectivity index (χ0n) is 14.2. The highest BCUT2D eigenvalue weighted by molar-refractivity contribution is 8.02. The first-order chi connectivity index (χ1) is 12.6. The Hall–Kier alpha value is -2.23. The predicted octanol–water partition coefficient (Wildman–Crippen LogP) is 2.94. The van der Waals surface area contributed by atoms with E-state index in [4.69, 9.17) is 11.6 Å². The molecule has 0 saturated carbocycles. The molecule has 1 saturated heterocycles. The molecule has 0 aliphatic carbocycles. The van der Waals surface area contributed by atoms with Gasteiger partial charge in [-0.1, -0.05) is 11.8 Å². The van der Waals surface area contributed by atoms with E-state index < -0.39 is 0 Å². The Kier molecular flexibility index (Phi) is 6.02. The van der Waals surface area contributed by atoms with Crippen molar-refractivity contribution in [2.24, 2.45) is 5.92 Å². The van der Waals surface area contributed by atoms with Gasteiger partial charge >= 0.3 is 0 Å². The second kappa shape index (κ2) is 8.43. The highest BCUT2D eigenvalue weighted by Crippen LogP contribution is 2.41. The molecule has 1 aliphatic rings. The number of alkyl halides is 1. The lowest BCUT2D eigenvalue weighted by Crippen LogP contribution is -2.25. The number of rotatable bonds is 3. The molecule has 3 rings (SSSR count). The summed E-state index contributed by atoms with van der Waals surface area (Å²) in [4.78, 5) is 28.1. The lowest BCUT2D eigenvalue weighted by Gasteiger charge is -2.11. The molecule has 0 spiro atoms. The first-order valence-electron chi connectivity index (χ1n) is 8.29. The molecule has 26 heavy (non-hydrogen) atoms. The number of hydrogen-bond donors (Lipinski definition) is 1. The molecule has 7 heteroatoms. The summed E-state index contributed by atoms with van der Waals surface area (Å²) < 4.78 is 1.31. The number of carbonyl (C=O) groups is 1. The van der Waals surface area contributed by atoms with Crippen LogP contribution in [0.1, 0.15) is 18.9 Å². The van der Waals surface area contributed by atoms with Crippen molar-refractivity contribution in [3.05, 3.63) is 58.8 Å². The summed E-state index contributed by atoms with van der Waals surface area (Å²) in [6, 6.07) is 6.75. The summed E-state index contributed by atoms with van der Waals surface area (Å²) in [5.41, 5.74) is 1.39. The Balaban J connectivity index is 1.65. The zero-order valence-corrected chi connectivity index (χ0v) is 15.8. The standard InChI is InChI=1S/C19H18ClN3O2S/c1-2-23-12-15(5-6-17(23)24)22-19(25)16-11-14(18(20)26-16)4-3-13-7-9-21-10-8-13/h5-10,12,14,16,18H,2,11H2,1H3,(H,22,25). The summed E-state index contributed by atoms with van der Waals surface area (Å²) in [5.74, 6) is 6.08. The van der Waals surface area contributed by atoms with Crippen molar-refractivity contribution in [2.75, 3.05) is 5.32 Å². The van der Waals surface area contributed by atoms with E-state index in [2.05, 4.69) is 22.1 Å². The molecule has 0 radical (unpaired) electrons. The van der Waals surface area contributed by atoms with E-state index in [0.29, 0.717) is 18.7 Å². The molecule has 2 aromatic heterocycles. The minimum atomic E-state index is -0.267. The number of aryl methyl sites for hydroxylation is 1. The molecule has 1 amide bonds. The van der Waals surface area contributed by atoms with Gasteiger partial charge in [0, 0.05) is 42.7 Å². The van der Waals surface area contributed by atoms with Crippen LogP contribution in [0.3, 0.4) is 0 Å². The summed E-state index contributed by atoms with van der Waals surface area (Å²) in [5, 5.41) is 2.60. The van der Waals surface area contributed by atoms with Gasteiger partial charge in [-0.2, -0.15) is 0 Å². The Bertz CT molecular complexity index is 904. The number of nitrogens with one attached hydrogen (secondary N) is 1. The number of nitrogens with zero attached hydrogens (tertiary/aromatic N) is 2. The van der Waals surface area contributed by atoms with E-state index in [-0.39, 0.29) is 27.3 Å². The monoisotopic (exact) mass is 387 g/mol. The normalized spacial score (nSPS) is 21.7. The smallest absolute Gasteiger partial charge is 0.250 e. The molecule has 0 bridgehead atoms. The van der Waals surface area contributed by atoms with Gasteiger partial charge in [-0.25, -0.2) is 0 Å². The van der Waals surface area contributed by atoms with E-state index in [9.17, 15) is 9.59 Å². The summed E-state index contributed by atoms with van der Waals surface area (Å²) in [6.45, 7) is 2.43. The van der Waals surface area contributed by atoms with Crippen molar-refractivity contribution < 1.29 is 4.79 Å². The molecule has 2 aromatic rings. The molecular formula is C19H18ClN3O2S. The van der Waals surface area contributed by atoms with E-state index in [1.54, 1.807) is 29.2 Å². The first-order valence-corrected chi connectivity index (χ1v) is 9.67. The van der Waals surface area contributed by atoms with Gasteiger partial charge < -0.3 is 9.88 Å². The lowest BCUT2D eigenvalue weighted by molar-refractivity contribution is -0.115. The molecule has 1 N–H and O–H groups in total. The maximum Gasteiger partial charge on any atom is 0.250 e. The molecule has 1 fully saturated rings. The quantitative estimate of drug-likeness (QED) is 0.649. The molecule has 5 nitrogen and oxygen atoms in total. The second-order valence-electron chi connectivity index (χ2n) is 5.85. The van der Waals surface area contributed by atoms with E-state index in [1.807, 2.05) is 19.1 Å². The molecular weight excluding hydrogens is 370 g/mol. The summed E-state index contributed by atoms with van der Waals surface area (Å²) in [7, 11) is 0. The Morgan fingerprint density at radius 3 is 2.88 bits per heavy atom. The van der Waals surface area contributed by atoms with Crippen molar-refractivity contribution in [3.63, 3.8) is 0 Å². The molecule has 1 aliphatic heterocycles. The van der Waals surface area contributed by atoms with Crippen LogP contribution >= 0.6 is 23.4 Å². The number of carbonyl (C=O) groups excluding carboxylic acids is 1. The van der Waals surface area contributed by atoms with Crippen LogP contribution in [0.4, 0.5) is 5.69 Å². The zero-order chi connectivity index (χ0) is 18.5. The fraction of sp³-hybridized carbons (Fsp3) is 0.316. The van der Waals surface area contributed by atoms with Gasteiger partial charge in [0.15, 0.2) is 0 Å². The number of hydrogen-bond acceptors (Lipinski definition) is 4. The SMILES string of the molecule is CCn1cc(NC(=O)C2CC(C#Cc3ccncc3)C(Cl)S2)ccc1=O. The number of pyridine rings is 2. The number of halogens is 1. The Morgan fingerprint density at radius 1 is 1.38 bits per heavy atom. The van der Waals surface area contributed by atoms with Crippen LogP contribution in [0, 0.1) is 17.8 Å². The van der Waals surface area contributed by atoms with Gasteiger partial charge in [-0.05, 0) is 31.5 Å². The van der Waals surface area contributed by atoms with Crippen molar-refractivity contribution in [1.29, 1.82) is 0 Å². The number of anilines is 1. The van der Waals surface area contributed by atoms with Crippen LogP contribution in [0.15, 0.2) is 47.7 Å². The molecule has 0 aromatic carbocycles. The second-order valence-corrected chi connectivity index (χ2v) is 7.93. The lowest BCUT2D eigenvalue weighted by atomic mass is 10.1. The number of aromatic nitrogens is 2. The van der Waals surface area contributed by atoms with Crippen LogP contribution < -0.4 is 10.9 Å². The highest BCUT2D eigenvalue weighted by Gasteiger charge is 2.36. The van der Waals surface area contributed by atoms with Crippen LogP contribution in [-0.2, 0) is 11.3 Å². The third kappa shape index (κ3) is 4.48. The maximum atomic E-state index is 12.5. The fourth-order valence-corrected chi connectivity index (χ4v) is 4.35. The van der Waals surface area contributed by atoms with Crippen molar-refractivity contribution in [3.8, 4) is 11.8 Å². The van der Waals surface area contributed by atoms with Crippen LogP contribution in [0.2, 0.25) is 0 Å². The third-order valence-corrected chi connectivity index (χ3v) is 5.98. The van der Waals surface area contributed by atoms with Crippen molar-refractivity contribution in [1.82, 2.24) is 9.55 Å². The first kappa shape index (κ1) is 18.6. The fourth-order valence-electron chi connectivity index (χ4n) is 2.62. The van der Waals surface area contributed by atoms with Crippen LogP contribution in [-0.4, -0.2) is 25.4 Å². The minimum absolute atomic E-state index is 0.0600. The Labute approximate surface area is 161 Å². The molecule has 134 valence electrons. The summed E-state index contributed by atoms with van der Waals surface area (Å²) >= 11 is 7.80. The molecule has 3 atom stereocenters. The largest absolute Gasteiger partial charge is 0.324 e. The number of thioether (sulfide) groups is 1. The van der Waals surface area contributed by atoms with Gasteiger partial charge in [0.2, 0.25) is 5.91 Å². The van der Waals surface area contributed by atoms with Gasteiger partial charge in [-0.3, -0.25) is 14.6 Å². The van der Waals surface area contributed by atoms with Gasteiger partial charge in [0.05, 0.1) is 15.6 Å². The Morgan fingerprint density at radius 2 is 2.15 bits per heavy atom. The third-order valence-electron chi connectivity index (χ3n) is 4.04. The average Bonchev–Trinajstić information content (AvgIpc) is 3.03. The molecule has 3 heterocycles. The van der Waals surface area contributed by atoms with Crippen LogP contribution in [0.25, 0.3) is 0 Å². The van der Waals surface area contributed by atoms with E-state index in [0.717, 1.165) is 5.56 Å². The maximum absolute atomic E-state index is 12.5. The van der Waals surface area contributed by atoms with E-state index >= 15 is 0 Å². The topological polar surface area (TPSA) is 64.0 Å². The van der Waals surface area contributed by atoms with Gasteiger partial charge in [0.1, 0.15) is 0 Å². The molecule has 3 unspecified atom stereocenters. The minimum Gasteiger partial charge on any atom is -0.324 e.